The molecule has 0 unspecified atom stereocenters. The van der Waals surface area contributed by atoms with Gasteiger partial charge in [0.25, 0.3) is 0 Å². The van der Waals surface area contributed by atoms with Gasteiger partial charge in [-0.25, -0.2) is 0 Å². The predicted octanol–water partition coefficient (Wildman–Crippen LogP) is -0.569. The molecule has 0 aliphatic carbocycles. The summed E-state index contributed by atoms with van der Waals surface area (Å²) in [6.07, 6.45) is 1.41. The summed E-state index contributed by atoms with van der Waals surface area (Å²) in [7, 11) is 1.82. The Kier molecular flexibility index (Phi) is 6.07. The summed E-state index contributed by atoms with van der Waals surface area (Å²) in [5.41, 5.74) is 5.13. The zero-order valence-electron chi connectivity index (χ0n) is 11.2. The number of hydrogen-bond acceptors (Lipinski definition) is 4. The number of carbonyl (C=O) groups excluding carboxylic acids is 2. The number of rotatable bonds is 6. The molecule has 1 heterocycles. The third-order valence-corrected chi connectivity index (χ3v) is 2.90. The van der Waals surface area contributed by atoms with Crippen LogP contribution in [0.25, 0.3) is 0 Å². The minimum atomic E-state index is -0.354. The first-order valence-corrected chi connectivity index (χ1v) is 6.39. The maximum atomic E-state index is 11.8. The van der Waals surface area contributed by atoms with Crippen LogP contribution in [0.5, 0.6) is 0 Å². The molecule has 1 fully saturated rings. The van der Waals surface area contributed by atoms with Crippen molar-refractivity contribution in [3.63, 3.8) is 0 Å². The van der Waals surface area contributed by atoms with Crippen molar-refractivity contribution >= 4 is 11.8 Å². The standard InChI is InChI=1S/C12H23N3O3/c1-3-4-12(17)15-5-6-18-10(8-15)7-14(2)9-11(13)16/h10H,3-9H2,1-2H3,(H2,13,16)/t10-/m0/s1. The van der Waals surface area contributed by atoms with Gasteiger partial charge in [-0.15, -0.1) is 0 Å². The number of nitrogens with two attached hydrogens (primary N) is 1. The van der Waals surface area contributed by atoms with E-state index in [9.17, 15) is 9.59 Å². The third kappa shape index (κ3) is 5.01. The average Bonchev–Trinajstić information content (AvgIpc) is 2.28. The molecule has 1 atom stereocenters. The fourth-order valence-electron chi connectivity index (χ4n) is 2.11. The van der Waals surface area contributed by atoms with Gasteiger partial charge in [0, 0.05) is 26.1 Å². The Labute approximate surface area is 108 Å². The second-order valence-electron chi connectivity index (χ2n) is 4.75. The zero-order chi connectivity index (χ0) is 13.5. The highest BCUT2D eigenvalue weighted by Crippen LogP contribution is 2.08. The summed E-state index contributed by atoms with van der Waals surface area (Å²) < 4.78 is 5.60. The van der Waals surface area contributed by atoms with Gasteiger partial charge in [0.05, 0.1) is 19.3 Å². The fraction of sp³-hybridized carbons (Fsp3) is 0.833. The van der Waals surface area contributed by atoms with E-state index < -0.39 is 0 Å². The Hall–Kier alpha value is -1.14. The van der Waals surface area contributed by atoms with Crippen LogP contribution in [0.2, 0.25) is 0 Å². The van der Waals surface area contributed by atoms with Gasteiger partial charge in [-0.1, -0.05) is 6.92 Å². The molecule has 0 aromatic rings. The van der Waals surface area contributed by atoms with Gasteiger partial charge in [0.15, 0.2) is 0 Å². The first-order valence-electron chi connectivity index (χ1n) is 6.39. The van der Waals surface area contributed by atoms with E-state index in [4.69, 9.17) is 10.5 Å². The van der Waals surface area contributed by atoms with Crippen molar-refractivity contribution in [1.82, 2.24) is 9.80 Å². The number of hydrogen-bond donors (Lipinski definition) is 1. The number of primary amides is 1. The first-order chi connectivity index (χ1) is 8.52. The minimum absolute atomic E-state index is 0.0380. The van der Waals surface area contributed by atoms with Crippen LogP contribution < -0.4 is 5.73 Å². The lowest BCUT2D eigenvalue weighted by molar-refractivity contribution is -0.139. The summed E-state index contributed by atoms with van der Waals surface area (Å²) in [5, 5.41) is 0. The van der Waals surface area contributed by atoms with Gasteiger partial charge in [-0.05, 0) is 13.5 Å². The minimum Gasteiger partial charge on any atom is -0.373 e. The summed E-state index contributed by atoms with van der Waals surface area (Å²) in [6, 6.07) is 0. The highest BCUT2D eigenvalue weighted by molar-refractivity contribution is 5.76. The van der Waals surface area contributed by atoms with Gasteiger partial charge < -0.3 is 15.4 Å². The van der Waals surface area contributed by atoms with Crippen LogP contribution in [0, 0.1) is 0 Å². The topological polar surface area (TPSA) is 75.9 Å². The van der Waals surface area contributed by atoms with E-state index in [0.29, 0.717) is 32.7 Å². The quantitative estimate of drug-likeness (QED) is 0.691. The highest BCUT2D eigenvalue weighted by Gasteiger charge is 2.24. The van der Waals surface area contributed by atoms with Crippen molar-refractivity contribution in [2.75, 3.05) is 39.8 Å². The summed E-state index contributed by atoms with van der Waals surface area (Å²) in [6.45, 7) is 4.64. The van der Waals surface area contributed by atoms with Crippen LogP contribution in [-0.2, 0) is 14.3 Å². The Morgan fingerprint density at radius 3 is 2.83 bits per heavy atom. The van der Waals surface area contributed by atoms with Gasteiger partial charge in [-0.3, -0.25) is 14.5 Å². The van der Waals surface area contributed by atoms with Gasteiger partial charge in [0.2, 0.25) is 11.8 Å². The molecule has 0 aromatic heterocycles. The molecule has 0 aromatic carbocycles. The van der Waals surface area contributed by atoms with Crippen molar-refractivity contribution < 1.29 is 14.3 Å². The third-order valence-electron chi connectivity index (χ3n) is 2.90. The van der Waals surface area contributed by atoms with E-state index in [-0.39, 0.29) is 24.5 Å². The molecule has 18 heavy (non-hydrogen) atoms. The largest absolute Gasteiger partial charge is 0.373 e. The second kappa shape index (κ2) is 7.33. The van der Waals surface area contributed by atoms with Crippen LogP contribution in [0.15, 0.2) is 0 Å². The maximum Gasteiger partial charge on any atom is 0.231 e. The summed E-state index contributed by atoms with van der Waals surface area (Å²) in [4.78, 5) is 26.2. The van der Waals surface area contributed by atoms with Crippen LogP contribution >= 0.6 is 0 Å². The smallest absolute Gasteiger partial charge is 0.231 e. The normalized spacial score (nSPS) is 20.2. The van der Waals surface area contributed by atoms with Crippen molar-refractivity contribution in [2.45, 2.75) is 25.9 Å². The van der Waals surface area contributed by atoms with Crippen molar-refractivity contribution in [3.05, 3.63) is 0 Å². The Morgan fingerprint density at radius 1 is 1.50 bits per heavy atom. The zero-order valence-corrected chi connectivity index (χ0v) is 11.2. The van der Waals surface area contributed by atoms with E-state index >= 15 is 0 Å². The first kappa shape index (κ1) is 14.9. The molecule has 1 saturated heterocycles. The molecule has 6 nitrogen and oxygen atoms in total. The number of morpholine rings is 1. The molecular weight excluding hydrogens is 234 g/mol. The molecule has 0 bridgehead atoms. The highest BCUT2D eigenvalue weighted by atomic mass is 16.5. The number of ether oxygens (including phenoxy) is 1. The van der Waals surface area contributed by atoms with Crippen LogP contribution in [0.1, 0.15) is 19.8 Å². The van der Waals surface area contributed by atoms with Gasteiger partial charge in [-0.2, -0.15) is 0 Å². The Morgan fingerprint density at radius 2 is 2.22 bits per heavy atom. The molecular formula is C12H23N3O3. The van der Waals surface area contributed by atoms with E-state index in [0.717, 1.165) is 6.42 Å². The van der Waals surface area contributed by atoms with E-state index in [1.165, 1.54) is 0 Å². The van der Waals surface area contributed by atoms with Crippen molar-refractivity contribution in [1.29, 1.82) is 0 Å². The number of likely N-dealkylation sites (N-methyl/N-ethyl adjacent to an activating group) is 1. The number of amides is 2. The molecule has 1 aliphatic heterocycles. The molecule has 2 amide bonds. The molecule has 1 aliphatic rings. The lowest BCUT2D eigenvalue weighted by atomic mass is 10.2. The molecule has 6 heteroatoms. The average molecular weight is 257 g/mol. The predicted molar refractivity (Wildman–Crippen MR) is 67.9 cm³/mol. The van der Waals surface area contributed by atoms with Gasteiger partial charge >= 0.3 is 0 Å². The lowest BCUT2D eigenvalue weighted by Gasteiger charge is -2.34. The van der Waals surface area contributed by atoms with E-state index in [2.05, 4.69) is 0 Å². The number of nitrogens with zero attached hydrogens (tertiary/aromatic N) is 2. The van der Waals surface area contributed by atoms with Gasteiger partial charge in [0.1, 0.15) is 0 Å². The molecule has 104 valence electrons. The molecule has 0 spiro atoms. The number of carbonyl (C=O) groups is 2. The fourth-order valence-corrected chi connectivity index (χ4v) is 2.11. The van der Waals surface area contributed by atoms with Crippen molar-refractivity contribution in [3.8, 4) is 0 Å². The maximum absolute atomic E-state index is 11.8. The SMILES string of the molecule is CCCC(=O)N1CCO[C@@H](CN(C)CC(N)=O)C1. The van der Waals surface area contributed by atoms with Crippen LogP contribution in [0.4, 0.5) is 0 Å². The molecule has 1 rings (SSSR count). The van der Waals surface area contributed by atoms with Crippen LogP contribution in [0.3, 0.4) is 0 Å². The summed E-state index contributed by atoms with van der Waals surface area (Å²) in [5.74, 6) is -0.171. The monoisotopic (exact) mass is 257 g/mol. The van der Waals surface area contributed by atoms with Crippen molar-refractivity contribution in [2.24, 2.45) is 5.73 Å². The molecule has 0 saturated carbocycles. The van der Waals surface area contributed by atoms with E-state index in [1.807, 2.05) is 23.8 Å². The molecule has 0 radical (unpaired) electrons. The second-order valence-corrected chi connectivity index (χ2v) is 4.75. The lowest BCUT2D eigenvalue weighted by Crippen LogP contribution is -2.49. The van der Waals surface area contributed by atoms with Crippen LogP contribution in [-0.4, -0.2) is 67.6 Å². The van der Waals surface area contributed by atoms with E-state index in [1.54, 1.807) is 0 Å². The molecule has 2 N–H and O–H groups in total. The Bertz CT molecular complexity index is 296. The Balaban J connectivity index is 2.38. The summed E-state index contributed by atoms with van der Waals surface area (Å²) >= 11 is 0.